The molecule has 0 radical (unpaired) electrons. The van der Waals surface area contributed by atoms with E-state index in [0.717, 1.165) is 16.6 Å². The number of carbonyl (C=O) groups excluding carboxylic acids is 1. The van der Waals surface area contributed by atoms with Crippen LogP contribution in [0.1, 0.15) is 28.3 Å². The van der Waals surface area contributed by atoms with E-state index in [2.05, 4.69) is 89.0 Å². The molecule has 3 aromatic carbocycles. The molecule has 5 aromatic rings. The maximum Gasteiger partial charge on any atom is 0.239 e. The Bertz CT molecular complexity index is 1540. The molecule has 6 nitrogen and oxygen atoms in total. The van der Waals surface area contributed by atoms with Crippen LogP contribution in [0.3, 0.4) is 0 Å². The number of nitrogens with one attached hydrogen (secondary N) is 2. The number of amides is 1. The van der Waals surface area contributed by atoms with Crippen LogP contribution in [0, 0.1) is 19.3 Å². The third-order valence-corrected chi connectivity index (χ3v) is 6.86. The first-order chi connectivity index (χ1) is 18.0. The van der Waals surface area contributed by atoms with Crippen LogP contribution in [-0.4, -0.2) is 26.2 Å². The first-order valence-electron chi connectivity index (χ1n) is 12.7. The number of benzene rings is 3. The molecule has 0 aliphatic rings. The minimum absolute atomic E-state index is 0.0411. The zero-order chi connectivity index (χ0) is 25.8. The molecule has 0 saturated carbocycles. The molecule has 0 bridgehead atoms. The normalized spacial score (nSPS) is 12.1. The second kappa shape index (κ2) is 10.7. The highest BCUT2D eigenvalue weighted by atomic mass is 16.1. The summed E-state index contributed by atoms with van der Waals surface area (Å²) in [5.74, 6) is -0.0411. The molecular weight excluding hydrogens is 458 g/mol. The molecule has 0 aliphatic heterocycles. The van der Waals surface area contributed by atoms with E-state index < -0.39 is 0 Å². The average molecular weight is 492 g/mol. The van der Waals surface area contributed by atoms with Crippen LogP contribution in [0.2, 0.25) is 0 Å². The van der Waals surface area contributed by atoms with Crippen molar-refractivity contribution in [3.63, 3.8) is 0 Å². The van der Waals surface area contributed by atoms with Gasteiger partial charge in [0.05, 0.1) is 23.6 Å². The van der Waals surface area contributed by atoms with Gasteiger partial charge >= 0.3 is 0 Å². The molecule has 1 amide bonds. The number of carbonyl (C=O) groups is 1. The lowest BCUT2D eigenvalue weighted by molar-refractivity contribution is -0.121. The minimum atomic E-state index is -0.118. The summed E-state index contributed by atoms with van der Waals surface area (Å²) in [5.41, 5.74) is 7.20. The Hall–Kier alpha value is -4.32. The van der Waals surface area contributed by atoms with E-state index in [0.29, 0.717) is 25.1 Å². The van der Waals surface area contributed by atoms with E-state index in [9.17, 15) is 10.2 Å². The van der Waals surface area contributed by atoms with Crippen molar-refractivity contribution in [2.24, 2.45) is 0 Å². The molecule has 0 spiro atoms. The number of rotatable bonds is 9. The maximum atomic E-state index is 12.8. The van der Waals surface area contributed by atoms with Crippen molar-refractivity contribution >= 4 is 16.9 Å². The summed E-state index contributed by atoms with van der Waals surface area (Å²) >= 11 is 0. The van der Waals surface area contributed by atoms with Crippen molar-refractivity contribution in [1.29, 1.82) is 5.41 Å². The molecule has 5 rings (SSSR count). The van der Waals surface area contributed by atoms with Crippen LogP contribution in [0.4, 0.5) is 0 Å². The zero-order valence-electron chi connectivity index (χ0n) is 21.4. The fraction of sp³-hybridized carbons (Fsp3) is 0.226. The number of nitrogens with zero attached hydrogens (tertiary/aromatic N) is 3. The van der Waals surface area contributed by atoms with Gasteiger partial charge in [0.1, 0.15) is 6.54 Å². The first kappa shape index (κ1) is 24.4. The van der Waals surface area contributed by atoms with Crippen molar-refractivity contribution < 1.29 is 4.79 Å². The van der Waals surface area contributed by atoms with Gasteiger partial charge in [0.15, 0.2) is 0 Å². The lowest BCUT2D eigenvalue weighted by atomic mass is 10.0. The quantitative estimate of drug-likeness (QED) is 0.300. The molecule has 2 heterocycles. The molecule has 0 saturated heterocycles. The van der Waals surface area contributed by atoms with Gasteiger partial charge in [-0.15, -0.1) is 0 Å². The van der Waals surface area contributed by atoms with E-state index in [1.54, 1.807) is 0 Å². The summed E-state index contributed by atoms with van der Waals surface area (Å²) in [6, 6.07) is 28.9. The van der Waals surface area contributed by atoms with Crippen molar-refractivity contribution in [3.8, 4) is 0 Å². The highest BCUT2D eigenvalue weighted by Crippen LogP contribution is 2.22. The molecule has 188 valence electrons. The molecule has 6 heteroatoms. The molecule has 1 atom stereocenters. The number of aromatic nitrogens is 3. The van der Waals surface area contributed by atoms with Gasteiger partial charge in [-0.05, 0) is 55.7 Å². The fourth-order valence-electron chi connectivity index (χ4n) is 4.84. The summed E-state index contributed by atoms with van der Waals surface area (Å²) < 4.78 is 6.00. The Morgan fingerprint density at radius 1 is 0.811 bits per heavy atom. The van der Waals surface area contributed by atoms with Crippen molar-refractivity contribution in [3.05, 3.63) is 125 Å². The van der Waals surface area contributed by atoms with E-state index in [4.69, 9.17) is 0 Å². The molecule has 2 aromatic heterocycles. The highest BCUT2D eigenvalue weighted by Gasteiger charge is 2.20. The molecule has 2 N–H and O–H groups in total. The van der Waals surface area contributed by atoms with Crippen LogP contribution < -0.4 is 10.9 Å². The smallest absolute Gasteiger partial charge is 0.239 e. The third kappa shape index (κ3) is 5.59. The predicted molar refractivity (Wildman–Crippen MR) is 147 cm³/mol. The number of fused-ring (bicyclic) bond motifs is 1. The topological polar surface area (TPSA) is 67.7 Å². The van der Waals surface area contributed by atoms with Crippen molar-refractivity contribution in [2.75, 3.05) is 6.54 Å². The minimum Gasteiger partial charge on any atom is -0.352 e. The monoisotopic (exact) mass is 491 g/mol. The van der Waals surface area contributed by atoms with Gasteiger partial charge < -0.3 is 19.0 Å². The van der Waals surface area contributed by atoms with Gasteiger partial charge in [-0.3, -0.25) is 10.2 Å². The van der Waals surface area contributed by atoms with Gasteiger partial charge in [0, 0.05) is 18.9 Å². The van der Waals surface area contributed by atoms with E-state index in [1.165, 1.54) is 16.7 Å². The van der Waals surface area contributed by atoms with Crippen LogP contribution in [-0.2, 0) is 24.3 Å². The van der Waals surface area contributed by atoms with Gasteiger partial charge in [0.2, 0.25) is 11.5 Å². The van der Waals surface area contributed by atoms with Crippen molar-refractivity contribution in [1.82, 2.24) is 19.0 Å². The molecule has 37 heavy (non-hydrogen) atoms. The summed E-state index contributed by atoms with van der Waals surface area (Å²) in [4.78, 5) is 12.8. The predicted octanol–water partition coefficient (Wildman–Crippen LogP) is 4.99. The fourth-order valence-corrected chi connectivity index (χ4v) is 4.84. The third-order valence-electron chi connectivity index (χ3n) is 6.86. The van der Waals surface area contributed by atoms with Crippen LogP contribution >= 0.6 is 0 Å². The number of aryl methyl sites for hydroxylation is 2. The summed E-state index contributed by atoms with van der Waals surface area (Å²) in [6.45, 7) is 5.49. The summed E-state index contributed by atoms with van der Waals surface area (Å²) in [6.07, 6.45) is 4.48. The molecule has 0 aliphatic carbocycles. The summed E-state index contributed by atoms with van der Waals surface area (Å²) in [5, 5.41) is 12.4. The van der Waals surface area contributed by atoms with E-state index in [-0.39, 0.29) is 18.5 Å². The van der Waals surface area contributed by atoms with Crippen LogP contribution in [0.25, 0.3) is 11.0 Å². The largest absolute Gasteiger partial charge is 0.352 e. The van der Waals surface area contributed by atoms with Crippen LogP contribution in [0.5, 0.6) is 0 Å². The second-order valence-corrected chi connectivity index (χ2v) is 9.76. The van der Waals surface area contributed by atoms with Crippen LogP contribution in [0.15, 0.2) is 97.3 Å². The lowest BCUT2D eigenvalue weighted by Crippen LogP contribution is -2.38. The maximum absolute atomic E-state index is 12.8. The number of para-hydroxylation sites is 2. The first-order valence-corrected chi connectivity index (χ1v) is 12.7. The SMILES string of the molecule is Cc1ccc(C[C@@H](CNC(=O)Cn2cccc2)n2c(=N)n(Cc3ccc(C)cc3)c3ccccc32)cc1. The Morgan fingerprint density at radius 2 is 1.41 bits per heavy atom. The van der Waals surface area contributed by atoms with Gasteiger partial charge in [-0.2, -0.15) is 0 Å². The Kier molecular flexibility index (Phi) is 7.08. The second-order valence-electron chi connectivity index (χ2n) is 9.76. The number of imidazole rings is 1. The number of hydrogen-bond acceptors (Lipinski definition) is 2. The highest BCUT2D eigenvalue weighted by molar-refractivity contribution is 5.77. The number of hydrogen-bond donors (Lipinski definition) is 2. The van der Waals surface area contributed by atoms with Gasteiger partial charge in [0.25, 0.3) is 0 Å². The average Bonchev–Trinajstić information content (AvgIpc) is 3.50. The van der Waals surface area contributed by atoms with Gasteiger partial charge in [-0.1, -0.05) is 71.8 Å². The Labute approximate surface area is 217 Å². The lowest BCUT2D eigenvalue weighted by Gasteiger charge is -2.21. The van der Waals surface area contributed by atoms with Gasteiger partial charge in [-0.25, -0.2) is 0 Å². The molecule has 0 unspecified atom stereocenters. The zero-order valence-corrected chi connectivity index (χ0v) is 21.4. The van der Waals surface area contributed by atoms with E-state index >= 15 is 0 Å². The standard InChI is InChI=1S/C31H33N5O/c1-23-9-13-25(14-10-23)19-27(20-33-30(37)22-34-17-5-6-18-34)36-29-8-4-3-7-28(29)35(31(36)32)21-26-15-11-24(2)12-16-26/h3-18,27,32H,19-22H2,1-2H3,(H,33,37)/t27-/m0/s1. The molecule has 0 fully saturated rings. The van der Waals surface area contributed by atoms with Crippen molar-refractivity contribution in [2.45, 2.75) is 39.4 Å². The van der Waals surface area contributed by atoms with E-state index in [1.807, 2.05) is 41.2 Å². The Morgan fingerprint density at radius 3 is 2.05 bits per heavy atom. The molecular formula is C31H33N5O. The summed E-state index contributed by atoms with van der Waals surface area (Å²) in [7, 11) is 0. The Balaban J connectivity index is 1.50.